The summed E-state index contributed by atoms with van der Waals surface area (Å²) in [6.45, 7) is -0.974. The lowest BCUT2D eigenvalue weighted by Gasteiger charge is -2.08. The van der Waals surface area contributed by atoms with Crippen LogP contribution in [0.5, 0.6) is 5.75 Å². The fraction of sp³-hybridized carbons (Fsp3) is 0.167. The van der Waals surface area contributed by atoms with Gasteiger partial charge in [-0.2, -0.15) is 13.9 Å². The molecule has 2 heterocycles. The van der Waals surface area contributed by atoms with Gasteiger partial charge < -0.3 is 4.74 Å². The molecule has 7 heteroatoms. The first-order chi connectivity index (χ1) is 9.13. The van der Waals surface area contributed by atoms with Crippen molar-refractivity contribution in [3.63, 3.8) is 0 Å². The van der Waals surface area contributed by atoms with Crippen LogP contribution in [0.25, 0.3) is 16.2 Å². The summed E-state index contributed by atoms with van der Waals surface area (Å²) in [5.74, 6) is 0.111. The van der Waals surface area contributed by atoms with Crippen molar-refractivity contribution in [2.24, 2.45) is 0 Å². The smallest absolute Gasteiger partial charge is 0.387 e. The molecule has 0 atom stereocenters. The van der Waals surface area contributed by atoms with Crippen LogP contribution in [0.2, 0.25) is 0 Å². The van der Waals surface area contributed by atoms with E-state index in [0.29, 0.717) is 11.3 Å². The van der Waals surface area contributed by atoms with E-state index in [1.807, 2.05) is 6.92 Å². The Morgan fingerprint density at radius 2 is 2.11 bits per heavy atom. The molecule has 2 aromatic heterocycles. The van der Waals surface area contributed by atoms with Crippen molar-refractivity contribution in [2.45, 2.75) is 13.5 Å². The second-order valence-corrected chi connectivity index (χ2v) is 5.01. The van der Waals surface area contributed by atoms with Crippen LogP contribution in [-0.2, 0) is 0 Å². The minimum Gasteiger partial charge on any atom is -0.434 e. The van der Waals surface area contributed by atoms with E-state index in [9.17, 15) is 8.78 Å². The molecule has 0 spiro atoms. The Morgan fingerprint density at radius 3 is 2.84 bits per heavy atom. The van der Waals surface area contributed by atoms with Crippen LogP contribution in [0.1, 0.15) is 5.01 Å². The van der Waals surface area contributed by atoms with Crippen LogP contribution in [0.15, 0.2) is 30.5 Å². The largest absolute Gasteiger partial charge is 0.434 e. The molecule has 0 radical (unpaired) electrons. The number of ether oxygens (including phenoxy) is 1. The van der Waals surface area contributed by atoms with Crippen LogP contribution in [0, 0.1) is 6.92 Å². The molecular weight excluding hydrogens is 272 g/mol. The molecular formula is C12H9F2N3OS. The molecule has 4 nitrogen and oxygen atoms in total. The molecule has 0 aliphatic rings. The van der Waals surface area contributed by atoms with Crippen molar-refractivity contribution in [3.05, 3.63) is 35.5 Å². The fourth-order valence-electron chi connectivity index (χ4n) is 1.81. The lowest BCUT2D eigenvalue weighted by atomic mass is 10.1. The van der Waals surface area contributed by atoms with Crippen molar-refractivity contribution >= 4 is 16.3 Å². The number of halogens is 2. The standard InChI is InChI=1S/C12H9F2N3OS/c1-7-16-17-6-9(15-12(17)19-7)8-4-2-3-5-10(8)18-11(13)14/h2-6,11H,1H3. The van der Waals surface area contributed by atoms with E-state index in [2.05, 4.69) is 14.8 Å². The highest BCUT2D eigenvalue weighted by Gasteiger charge is 2.14. The van der Waals surface area contributed by atoms with Gasteiger partial charge in [0.1, 0.15) is 10.8 Å². The van der Waals surface area contributed by atoms with E-state index >= 15 is 0 Å². The highest BCUT2D eigenvalue weighted by molar-refractivity contribution is 7.16. The number of benzene rings is 1. The summed E-state index contributed by atoms with van der Waals surface area (Å²) >= 11 is 1.44. The van der Waals surface area contributed by atoms with Crippen LogP contribution < -0.4 is 4.74 Å². The Morgan fingerprint density at radius 1 is 1.32 bits per heavy atom. The summed E-state index contributed by atoms with van der Waals surface area (Å²) in [7, 11) is 0. The van der Waals surface area contributed by atoms with Gasteiger partial charge in [0.05, 0.1) is 11.9 Å². The number of rotatable bonds is 3. The van der Waals surface area contributed by atoms with Crippen molar-refractivity contribution in [1.29, 1.82) is 0 Å². The SMILES string of the molecule is Cc1nn2cc(-c3ccccc3OC(F)F)nc2s1. The number of fused-ring (bicyclic) bond motifs is 1. The summed E-state index contributed by atoms with van der Waals surface area (Å²) in [6, 6.07) is 6.58. The molecule has 0 unspecified atom stereocenters. The number of aromatic nitrogens is 3. The highest BCUT2D eigenvalue weighted by atomic mass is 32.1. The molecule has 0 aliphatic heterocycles. The molecule has 0 fully saturated rings. The summed E-state index contributed by atoms with van der Waals surface area (Å²) in [5.41, 5.74) is 1.09. The van der Waals surface area contributed by atoms with E-state index in [-0.39, 0.29) is 5.75 Å². The number of hydrogen-bond acceptors (Lipinski definition) is 4. The highest BCUT2D eigenvalue weighted by Crippen LogP contribution is 2.31. The van der Waals surface area contributed by atoms with Gasteiger partial charge in [-0.25, -0.2) is 9.50 Å². The zero-order valence-electron chi connectivity index (χ0n) is 9.88. The average Bonchev–Trinajstić information content (AvgIpc) is 2.85. The van der Waals surface area contributed by atoms with Crippen LogP contribution in [-0.4, -0.2) is 21.2 Å². The minimum atomic E-state index is -2.86. The van der Waals surface area contributed by atoms with Gasteiger partial charge in [-0.15, -0.1) is 0 Å². The van der Waals surface area contributed by atoms with Gasteiger partial charge in [0.2, 0.25) is 4.96 Å². The molecule has 0 amide bonds. The van der Waals surface area contributed by atoms with Gasteiger partial charge in [-0.05, 0) is 19.1 Å². The predicted molar refractivity (Wildman–Crippen MR) is 67.7 cm³/mol. The van der Waals surface area contributed by atoms with E-state index in [1.165, 1.54) is 17.4 Å². The third-order valence-electron chi connectivity index (χ3n) is 2.52. The van der Waals surface area contributed by atoms with E-state index < -0.39 is 6.61 Å². The maximum Gasteiger partial charge on any atom is 0.387 e. The molecule has 1 aromatic carbocycles. The van der Waals surface area contributed by atoms with E-state index in [0.717, 1.165) is 9.97 Å². The lowest BCUT2D eigenvalue weighted by molar-refractivity contribution is -0.0494. The molecule has 0 saturated carbocycles. The van der Waals surface area contributed by atoms with Crippen LogP contribution in [0.4, 0.5) is 8.78 Å². The molecule has 0 saturated heterocycles. The third kappa shape index (κ3) is 2.28. The molecule has 0 bridgehead atoms. The number of imidazole rings is 1. The van der Waals surface area contributed by atoms with Gasteiger partial charge in [-0.3, -0.25) is 0 Å². The second-order valence-electron chi connectivity index (χ2n) is 3.85. The summed E-state index contributed by atoms with van der Waals surface area (Å²) in [5, 5.41) is 5.13. The maximum absolute atomic E-state index is 12.4. The number of aryl methyl sites for hydroxylation is 1. The van der Waals surface area contributed by atoms with E-state index in [1.54, 1.807) is 28.9 Å². The minimum absolute atomic E-state index is 0.111. The normalized spacial score (nSPS) is 11.4. The Kier molecular flexibility index (Phi) is 2.90. The quantitative estimate of drug-likeness (QED) is 0.739. The lowest BCUT2D eigenvalue weighted by Crippen LogP contribution is -2.03. The number of alkyl halides is 2. The summed E-state index contributed by atoms with van der Waals surface area (Å²) in [4.78, 5) is 5.09. The summed E-state index contributed by atoms with van der Waals surface area (Å²) in [6.07, 6.45) is 1.70. The number of nitrogens with zero attached hydrogens (tertiary/aromatic N) is 3. The maximum atomic E-state index is 12.4. The fourth-order valence-corrected chi connectivity index (χ4v) is 2.53. The van der Waals surface area contributed by atoms with Gasteiger partial charge in [0, 0.05) is 5.56 Å². The first-order valence-corrected chi connectivity index (χ1v) is 6.32. The Bertz CT molecular complexity index is 691. The van der Waals surface area contributed by atoms with Gasteiger partial charge >= 0.3 is 6.61 Å². The molecule has 98 valence electrons. The Balaban J connectivity index is 2.07. The number of hydrogen-bond donors (Lipinski definition) is 0. The third-order valence-corrected chi connectivity index (χ3v) is 3.36. The monoisotopic (exact) mass is 281 g/mol. The Labute approximate surface area is 111 Å². The zero-order valence-corrected chi connectivity index (χ0v) is 10.7. The van der Waals surface area contributed by atoms with Gasteiger partial charge in [-0.1, -0.05) is 23.5 Å². The topological polar surface area (TPSA) is 39.4 Å². The van der Waals surface area contributed by atoms with Crippen LogP contribution >= 0.6 is 11.3 Å². The molecule has 0 N–H and O–H groups in total. The van der Waals surface area contributed by atoms with Gasteiger partial charge in [0.15, 0.2) is 0 Å². The number of para-hydroxylation sites is 1. The molecule has 3 aromatic rings. The summed E-state index contributed by atoms with van der Waals surface area (Å²) < 4.78 is 30.8. The zero-order chi connectivity index (χ0) is 13.4. The van der Waals surface area contributed by atoms with Crippen molar-refractivity contribution in [3.8, 4) is 17.0 Å². The van der Waals surface area contributed by atoms with Crippen LogP contribution in [0.3, 0.4) is 0 Å². The van der Waals surface area contributed by atoms with Crippen molar-refractivity contribution in [1.82, 2.24) is 14.6 Å². The van der Waals surface area contributed by atoms with Crippen molar-refractivity contribution in [2.75, 3.05) is 0 Å². The molecule has 3 rings (SSSR count). The first kappa shape index (κ1) is 12.0. The Hall–Kier alpha value is -2.02. The molecule has 0 aliphatic carbocycles. The average molecular weight is 281 g/mol. The first-order valence-electron chi connectivity index (χ1n) is 5.50. The van der Waals surface area contributed by atoms with Crippen molar-refractivity contribution < 1.29 is 13.5 Å². The predicted octanol–water partition coefficient (Wildman–Crippen LogP) is 3.37. The molecule has 19 heavy (non-hydrogen) atoms. The second kappa shape index (κ2) is 4.58. The van der Waals surface area contributed by atoms with E-state index in [4.69, 9.17) is 0 Å². The van der Waals surface area contributed by atoms with Gasteiger partial charge in [0.25, 0.3) is 0 Å².